The topological polar surface area (TPSA) is 88.0 Å². The zero-order valence-corrected chi connectivity index (χ0v) is 13.2. The Hall–Kier alpha value is -2.64. The van der Waals surface area contributed by atoms with Crippen LogP contribution in [0.1, 0.15) is 19.3 Å². The lowest BCUT2D eigenvalue weighted by Gasteiger charge is -2.15. The van der Waals surface area contributed by atoms with Crippen LogP contribution in [0.5, 0.6) is 0 Å². The first kappa shape index (κ1) is 15.3. The minimum Gasteiger partial charge on any atom is -0.370 e. The summed E-state index contributed by atoms with van der Waals surface area (Å²) in [5.74, 6) is 2.38. The van der Waals surface area contributed by atoms with Crippen molar-refractivity contribution in [3.8, 4) is 0 Å². The van der Waals surface area contributed by atoms with Crippen LogP contribution < -0.4 is 10.6 Å². The molecule has 1 amide bonds. The quantitative estimate of drug-likeness (QED) is 0.751. The molecule has 0 atom stereocenters. The second-order valence-electron chi connectivity index (χ2n) is 5.50. The van der Waals surface area contributed by atoms with Gasteiger partial charge in [0.05, 0.1) is 6.20 Å². The fourth-order valence-electron chi connectivity index (χ4n) is 2.56. The molecule has 8 heteroatoms. The third-order valence-corrected chi connectivity index (χ3v) is 3.80. The molecule has 0 saturated carbocycles. The Morgan fingerprint density at radius 2 is 2.22 bits per heavy atom. The molecule has 2 N–H and O–H groups in total. The van der Waals surface area contributed by atoms with Gasteiger partial charge in [-0.3, -0.25) is 9.48 Å². The number of nitrogens with zero attached hydrogens (tertiary/aromatic N) is 5. The second-order valence-corrected chi connectivity index (χ2v) is 5.50. The SMILES string of the molecule is Cn1nccc1Nc1nccc(NCCCN2CCCC2=O)n1. The lowest BCUT2D eigenvalue weighted by Crippen LogP contribution is -2.27. The summed E-state index contributed by atoms with van der Waals surface area (Å²) in [5.41, 5.74) is 0. The van der Waals surface area contributed by atoms with Crippen LogP contribution in [0.4, 0.5) is 17.6 Å². The van der Waals surface area contributed by atoms with E-state index in [0.29, 0.717) is 12.4 Å². The molecule has 8 nitrogen and oxygen atoms in total. The Bertz CT molecular complexity index is 669. The van der Waals surface area contributed by atoms with Crippen molar-refractivity contribution in [3.05, 3.63) is 24.5 Å². The van der Waals surface area contributed by atoms with Crippen molar-refractivity contribution in [1.29, 1.82) is 0 Å². The molecule has 3 rings (SSSR count). The largest absolute Gasteiger partial charge is 0.370 e. The lowest BCUT2D eigenvalue weighted by atomic mass is 10.4. The lowest BCUT2D eigenvalue weighted by molar-refractivity contribution is -0.127. The average Bonchev–Trinajstić information content (AvgIpc) is 3.13. The highest BCUT2D eigenvalue weighted by atomic mass is 16.2. The number of rotatable bonds is 7. The summed E-state index contributed by atoms with van der Waals surface area (Å²) in [6, 6.07) is 3.69. The van der Waals surface area contributed by atoms with E-state index in [2.05, 4.69) is 25.7 Å². The molecule has 0 spiro atoms. The van der Waals surface area contributed by atoms with Crippen LogP contribution >= 0.6 is 0 Å². The first-order valence-corrected chi connectivity index (χ1v) is 7.82. The van der Waals surface area contributed by atoms with Gasteiger partial charge in [0.1, 0.15) is 11.6 Å². The summed E-state index contributed by atoms with van der Waals surface area (Å²) in [4.78, 5) is 22.1. The molecule has 122 valence electrons. The molecule has 1 aliphatic heterocycles. The fraction of sp³-hybridized carbons (Fsp3) is 0.467. The van der Waals surface area contributed by atoms with Crippen LogP contribution in [0.3, 0.4) is 0 Å². The molecule has 1 saturated heterocycles. The van der Waals surface area contributed by atoms with Gasteiger partial charge in [-0.25, -0.2) is 4.98 Å². The van der Waals surface area contributed by atoms with Gasteiger partial charge < -0.3 is 15.5 Å². The van der Waals surface area contributed by atoms with Crippen LogP contribution in [0, 0.1) is 0 Å². The number of carbonyl (C=O) groups is 1. The minimum atomic E-state index is 0.273. The van der Waals surface area contributed by atoms with Gasteiger partial charge in [0.15, 0.2) is 0 Å². The summed E-state index contributed by atoms with van der Waals surface area (Å²) < 4.78 is 1.72. The van der Waals surface area contributed by atoms with Gasteiger partial charge in [-0.05, 0) is 18.9 Å². The minimum absolute atomic E-state index is 0.273. The number of nitrogens with one attached hydrogen (secondary N) is 2. The molecule has 2 aromatic rings. The molecular weight excluding hydrogens is 294 g/mol. The van der Waals surface area contributed by atoms with Gasteiger partial charge in [0.25, 0.3) is 0 Å². The molecular formula is C15H21N7O. The van der Waals surface area contributed by atoms with Crippen LogP contribution in [-0.2, 0) is 11.8 Å². The van der Waals surface area contributed by atoms with Crippen LogP contribution in [0.2, 0.25) is 0 Å². The Kier molecular flexibility index (Phi) is 4.70. The van der Waals surface area contributed by atoms with Crippen LogP contribution in [0.25, 0.3) is 0 Å². The molecule has 0 aromatic carbocycles. The highest BCUT2D eigenvalue weighted by molar-refractivity contribution is 5.78. The molecule has 3 heterocycles. The predicted molar refractivity (Wildman–Crippen MR) is 87.4 cm³/mol. The summed E-state index contributed by atoms with van der Waals surface area (Å²) in [7, 11) is 1.85. The summed E-state index contributed by atoms with van der Waals surface area (Å²) >= 11 is 0. The molecule has 1 aliphatic rings. The van der Waals surface area contributed by atoms with Gasteiger partial charge in [-0.15, -0.1) is 0 Å². The van der Waals surface area contributed by atoms with Crippen molar-refractivity contribution in [2.75, 3.05) is 30.3 Å². The maximum Gasteiger partial charge on any atom is 0.230 e. The third-order valence-electron chi connectivity index (χ3n) is 3.80. The summed E-state index contributed by atoms with van der Waals surface area (Å²) in [5, 5.41) is 10.5. The Morgan fingerprint density at radius 1 is 1.30 bits per heavy atom. The number of anilines is 3. The Labute approximate surface area is 134 Å². The average molecular weight is 315 g/mol. The maximum atomic E-state index is 11.5. The van der Waals surface area contributed by atoms with Crippen LogP contribution in [0.15, 0.2) is 24.5 Å². The number of aromatic nitrogens is 4. The standard InChI is InChI=1S/C15H21N7O/c1-21-13(6-9-18-21)20-15-17-8-5-12(19-15)16-7-3-11-22-10-2-4-14(22)23/h5-6,8-9H,2-4,7,10-11H2,1H3,(H2,16,17,19,20). The zero-order chi connectivity index (χ0) is 16.1. The van der Waals surface area contributed by atoms with E-state index < -0.39 is 0 Å². The van der Waals surface area contributed by atoms with Crippen molar-refractivity contribution in [2.45, 2.75) is 19.3 Å². The van der Waals surface area contributed by atoms with Crippen molar-refractivity contribution >= 4 is 23.5 Å². The Morgan fingerprint density at radius 3 is 2.96 bits per heavy atom. The van der Waals surface area contributed by atoms with E-state index in [-0.39, 0.29) is 5.91 Å². The van der Waals surface area contributed by atoms with Gasteiger partial charge in [0.2, 0.25) is 11.9 Å². The van der Waals surface area contributed by atoms with Gasteiger partial charge >= 0.3 is 0 Å². The second kappa shape index (κ2) is 7.08. The van der Waals surface area contributed by atoms with E-state index in [1.54, 1.807) is 17.1 Å². The molecule has 2 aromatic heterocycles. The fourth-order valence-corrected chi connectivity index (χ4v) is 2.56. The first-order valence-electron chi connectivity index (χ1n) is 7.82. The molecule has 0 radical (unpaired) electrons. The van der Waals surface area contributed by atoms with Gasteiger partial charge in [-0.2, -0.15) is 10.1 Å². The van der Waals surface area contributed by atoms with Gasteiger partial charge in [0, 0.05) is 45.4 Å². The van der Waals surface area contributed by atoms with E-state index in [9.17, 15) is 4.79 Å². The van der Waals surface area contributed by atoms with E-state index >= 15 is 0 Å². The summed E-state index contributed by atoms with van der Waals surface area (Å²) in [6.45, 7) is 2.47. The van der Waals surface area contributed by atoms with E-state index in [0.717, 1.165) is 44.1 Å². The molecule has 23 heavy (non-hydrogen) atoms. The number of amides is 1. The highest BCUT2D eigenvalue weighted by Crippen LogP contribution is 2.13. The van der Waals surface area contributed by atoms with E-state index in [1.807, 2.05) is 24.1 Å². The Balaban J connectivity index is 1.47. The van der Waals surface area contributed by atoms with Crippen molar-refractivity contribution < 1.29 is 4.79 Å². The first-order chi connectivity index (χ1) is 11.2. The maximum absolute atomic E-state index is 11.5. The van der Waals surface area contributed by atoms with E-state index in [4.69, 9.17) is 0 Å². The number of hydrogen-bond acceptors (Lipinski definition) is 6. The molecule has 0 aliphatic carbocycles. The normalized spacial score (nSPS) is 14.3. The van der Waals surface area contributed by atoms with E-state index in [1.165, 1.54) is 0 Å². The number of likely N-dealkylation sites (tertiary alicyclic amines) is 1. The molecule has 0 bridgehead atoms. The number of aryl methyl sites for hydroxylation is 1. The zero-order valence-electron chi connectivity index (χ0n) is 13.2. The highest BCUT2D eigenvalue weighted by Gasteiger charge is 2.18. The monoisotopic (exact) mass is 315 g/mol. The molecule has 0 unspecified atom stereocenters. The number of hydrogen-bond donors (Lipinski definition) is 2. The predicted octanol–water partition coefficient (Wildman–Crippen LogP) is 1.38. The third kappa shape index (κ3) is 3.97. The van der Waals surface area contributed by atoms with Crippen molar-refractivity contribution in [2.24, 2.45) is 7.05 Å². The number of carbonyl (C=O) groups excluding carboxylic acids is 1. The van der Waals surface area contributed by atoms with Crippen molar-refractivity contribution in [1.82, 2.24) is 24.6 Å². The smallest absolute Gasteiger partial charge is 0.230 e. The van der Waals surface area contributed by atoms with Gasteiger partial charge in [-0.1, -0.05) is 0 Å². The summed E-state index contributed by atoms with van der Waals surface area (Å²) in [6.07, 6.45) is 6.01. The van der Waals surface area contributed by atoms with Crippen LogP contribution in [-0.4, -0.2) is 50.2 Å². The van der Waals surface area contributed by atoms with Crippen molar-refractivity contribution in [3.63, 3.8) is 0 Å². The molecule has 1 fully saturated rings.